The first kappa shape index (κ1) is 19.5. The zero-order chi connectivity index (χ0) is 19.8. The summed E-state index contributed by atoms with van der Waals surface area (Å²) in [7, 11) is 1.73. The van der Waals surface area contributed by atoms with Crippen LogP contribution in [0.5, 0.6) is 5.75 Å². The van der Waals surface area contributed by atoms with Crippen molar-refractivity contribution in [3.05, 3.63) is 71.6 Å². The third-order valence-corrected chi connectivity index (χ3v) is 4.26. The van der Waals surface area contributed by atoms with Crippen LogP contribution in [0, 0.1) is 13.8 Å². The number of rotatable bonds is 7. The van der Waals surface area contributed by atoms with Gasteiger partial charge in [0.15, 0.2) is 5.96 Å². The Bertz CT molecular complexity index is 916. The Balaban J connectivity index is 1.44. The standard InChI is InChI=1S/C22H26N4O2/c1-16-8-10-18(11-9-16)21-26-19(15-28-21)14-25-22(23-3)24-12-13-27-20-7-5-4-6-17(20)2/h4-11,15H,12-14H2,1-3H3,(H2,23,24,25). The van der Waals surface area contributed by atoms with E-state index >= 15 is 0 Å². The van der Waals surface area contributed by atoms with Crippen molar-refractivity contribution in [2.45, 2.75) is 20.4 Å². The van der Waals surface area contributed by atoms with E-state index in [1.165, 1.54) is 5.56 Å². The number of nitrogens with one attached hydrogen (secondary N) is 2. The summed E-state index contributed by atoms with van der Waals surface area (Å²) in [5, 5.41) is 6.46. The molecule has 0 aliphatic rings. The summed E-state index contributed by atoms with van der Waals surface area (Å²) in [6.45, 7) is 5.80. The van der Waals surface area contributed by atoms with Crippen molar-refractivity contribution < 1.29 is 9.15 Å². The van der Waals surface area contributed by atoms with Crippen LogP contribution in [0.2, 0.25) is 0 Å². The van der Waals surface area contributed by atoms with Crippen LogP contribution in [-0.4, -0.2) is 31.1 Å². The summed E-state index contributed by atoms with van der Waals surface area (Å²) < 4.78 is 11.4. The van der Waals surface area contributed by atoms with Crippen molar-refractivity contribution >= 4 is 5.96 Å². The van der Waals surface area contributed by atoms with Crippen molar-refractivity contribution in [2.24, 2.45) is 4.99 Å². The molecule has 0 radical (unpaired) electrons. The van der Waals surface area contributed by atoms with Gasteiger partial charge in [-0.05, 0) is 37.6 Å². The van der Waals surface area contributed by atoms with Gasteiger partial charge >= 0.3 is 0 Å². The van der Waals surface area contributed by atoms with E-state index in [4.69, 9.17) is 9.15 Å². The number of para-hydroxylation sites is 1. The Hall–Kier alpha value is -3.28. The third-order valence-electron chi connectivity index (χ3n) is 4.26. The second-order valence-electron chi connectivity index (χ2n) is 6.48. The zero-order valence-corrected chi connectivity index (χ0v) is 16.5. The SMILES string of the molecule is CN=C(NCCOc1ccccc1C)NCc1coc(-c2ccc(C)cc2)n1. The van der Waals surface area contributed by atoms with Crippen molar-refractivity contribution in [2.75, 3.05) is 20.2 Å². The molecule has 3 rings (SSSR count). The number of benzene rings is 2. The summed E-state index contributed by atoms with van der Waals surface area (Å²) in [4.78, 5) is 8.75. The van der Waals surface area contributed by atoms with E-state index < -0.39 is 0 Å². The van der Waals surface area contributed by atoms with Gasteiger partial charge in [0.05, 0.1) is 18.8 Å². The molecule has 6 heteroatoms. The van der Waals surface area contributed by atoms with Crippen LogP contribution in [0.15, 0.2) is 64.2 Å². The van der Waals surface area contributed by atoms with Crippen LogP contribution in [-0.2, 0) is 6.54 Å². The van der Waals surface area contributed by atoms with Crippen LogP contribution in [0.25, 0.3) is 11.5 Å². The predicted molar refractivity (Wildman–Crippen MR) is 112 cm³/mol. The summed E-state index contributed by atoms with van der Waals surface area (Å²) >= 11 is 0. The lowest BCUT2D eigenvalue weighted by Gasteiger charge is -2.12. The second kappa shape index (κ2) is 9.60. The van der Waals surface area contributed by atoms with Gasteiger partial charge in [-0.2, -0.15) is 0 Å². The Morgan fingerprint density at radius 2 is 1.86 bits per heavy atom. The lowest BCUT2D eigenvalue weighted by atomic mass is 10.1. The van der Waals surface area contributed by atoms with Crippen LogP contribution in [0.4, 0.5) is 0 Å². The number of aliphatic imine (C=N–C) groups is 1. The van der Waals surface area contributed by atoms with E-state index in [0.717, 1.165) is 22.6 Å². The van der Waals surface area contributed by atoms with Gasteiger partial charge in [-0.3, -0.25) is 4.99 Å². The minimum Gasteiger partial charge on any atom is -0.491 e. The van der Waals surface area contributed by atoms with Crippen LogP contribution in [0.3, 0.4) is 0 Å². The van der Waals surface area contributed by atoms with E-state index in [9.17, 15) is 0 Å². The molecule has 0 bridgehead atoms. The lowest BCUT2D eigenvalue weighted by Crippen LogP contribution is -2.38. The molecule has 0 aliphatic heterocycles. The van der Waals surface area contributed by atoms with E-state index in [0.29, 0.717) is 31.5 Å². The molecule has 6 nitrogen and oxygen atoms in total. The molecular formula is C22H26N4O2. The quantitative estimate of drug-likeness (QED) is 0.373. The number of nitrogens with zero attached hydrogens (tertiary/aromatic N) is 2. The average molecular weight is 378 g/mol. The molecule has 1 aromatic heterocycles. The molecule has 2 aromatic carbocycles. The van der Waals surface area contributed by atoms with Crippen molar-refractivity contribution in [3.63, 3.8) is 0 Å². The highest BCUT2D eigenvalue weighted by Crippen LogP contribution is 2.19. The molecule has 0 fully saturated rings. The number of ether oxygens (including phenoxy) is 1. The van der Waals surface area contributed by atoms with Gasteiger partial charge in [-0.25, -0.2) is 4.98 Å². The normalized spacial score (nSPS) is 11.3. The Morgan fingerprint density at radius 1 is 1.07 bits per heavy atom. The fourth-order valence-electron chi connectivity index (χ4n) is 2.66. The fourth-order valence-corrected chi connectivity index (χ4v) is 2.66. The van der Waals surface area contributed by atoms with Gasteiger partial charge in [0, 0.05) is 12.6 Å². The monoisotopic (exact) mass is 378 g/mol. The number of aryl methyl sites for hydroxylation is 2. The van der Waals surface area contributed by atoms with Crippen molar-refractivity contribution in [1.82, 2.24) is 15.6 Å². The van der Waals surface area contributed by atoms with Gasteiger partial charge in [-0.15, -0.1) is 0 Å². The smallest absolute Gasteiger partial charge is 0.226 e. The summed E-state index contributed by atoms with van der Waals surface area (Å²) in [6.07, 6.45) is 1.66. The molecule has 0 spiro atoms. The van der Waals surface area contributed by atoms with Gasteiger partial charge in [-0.1, -0.05) is 35.9 Å². The minimum absolute atomic E-state index is 0.522. The number of guanidine groups is 1. The number of hydrogen-bond acceptors (Lipinski definition) is 4. The first-order valence-corrected chi connectivity index (χ1v) is 9.30. The van der Waals surface area contributed by atoms with E-state index in [1.54, 1.807) is 13.3 Å². The minimum atomic E-state index is 0.522. The first-order chi connectivity index (χ1) is 13.7. The largest absolute Gasteiger partial charge is 0.491 e. The molecule has 146 valence electrons. The van der Waals surface area contributed by atoms with Crippen LogP contribution < -0.4 is 15.4 Å². The second-order valence-corrected chi connectivity index (χ2v) is 6.48. The lowest BCUT2D eigenvalue weighted by molar-refractivity contribution is 0.320. The summed E-state index contributed by atoms with van der Waals surface area (Å²) in [6, 6.07) is 16.1. The van der Waals surface area contributed by atoms with Gasteiger partial charge in [0.2, 0.25) is 5.89 Å². The Labute approximate surface area is 165 Å². The maximum Gasteiger partial charge on any atom is 0.226 e. The zero-order valence-electron chi connectivity index (χ0n) is 16.5. The summed E-state index contributed by atoms with van der Waals surface area (Å²) in [5.74, 6) is 2.21. The topological polar surface area (TPSA) is 71.7 Å². The molecule has 0 unspecified atom stereocenters. The Morgan fingerprint density at radius 3 is 2.61 bits per heavy atom. The van der Waals surface area contributed by atoms with Gasteiger partial charge in [0.1, 0.15) is 18.6 Å². The molecule has 28 heavy (non-hydrogen) atoms. The first-order valence-electron chi connectivity index (χ1n) is 9.30. The molecule has 3 aromatic rings. The predicted octanol–water partition coefficient (Wildman–Crippen LogP) is 3.70. The number of hydrogen-bond donors (Lipinski definition) is 2. The van der Waals surface area contributed by atoms with E-state index in [-0.39, 0.29) is 0 Å². The Kier molecular flexibility index (Phi) is 6.68. The highest BCUT2D eigenvalue weighted by atomic mass is 16.5. The number of oxazole rings is 1. The maximum absolute atomic E-state index is 5.78. The van der Waals surface area contributed by atoms with Crippen molar-refractivity contribution in [3.8, 4) is 17.2 Å². The molecule has 0 saturated heterocycles. The summed E-state index contributed by atoms with van der Waals surface area (Å²) in [5.41, 5.74) is 4.11. The third kappa shape index (κ3) is 5.36. The molecule has 0 aliphatic carbocycles. The van der Waals surface area contributed by atoms with E-state index in [1.807, 2.05) is 55.5 Å². The molecular weight excluding hydrogens is 352 g/mol. The highest BCUT2D eigenvalue weighted by molar-refractivity contribution is 5.79. The van der Waals surface area contributed by atoms with Crippen LogP contribution >= 0.6 is 0 Å². The average Bonchev–Trinajstić information content (AvgIpc) is 3.18. The number of aromatic nitrogens is 1. The van der Waals surface area contributed by atoms with Crippen LogP contribution in [0.1, 0.15) is 16.8 Å². The fraction of sp³-hybridized carbons (Fsp3) is 0.273. The highest BCUT2D eigenvalue weighted by Gasteiger charge is 2.07. The molecule has 1 heterocycles. The van der Waals surface area contributed by atoms with Crippen molar-refractivity contribution in [1.29, 1.82) is 0 Å². The maximum atomic E-state index is 5.78. The van der Waals surface area contributed by atoms with Gasteiger partial charge in [0.25, 0.3) is 0 Å². The molecule has 0 saturated carbocycles. The van der Waals surface area contributed by atoms with Gasteiger partial charge < -0.3 is 19.8 Å². The van der Waals surface area contributed by atoms with E-state index in [2.05, 4.69) is 27.5 Å². The molecule has 2 N–H and O–H groups in total. The molecule has 0 atom stereocenters. The molecule has 0 amide bonds.